The normalized spacial score (nSPS) is 10.5. The predicted molar refractivity (Wildman–Crippen MR) is 59.9 cm³/mol. The fourth-order valence-corrected chi connectivity index (χ4v) is 2.81. The minimum Gasteiger partial charge on any atom is -0.229 e. The van der Waals surface area contributed by atoms with Gasteiger partial charge in [0.15, 0.2) is 3.92 Å². The molecule has 0 fully saturated rings. The Kier molecular flexibility index (Phi) is 2.65. The lowest BCUT2D eigenvalue weighted by Gasteiger charge is -1.99. The zero-order valence-corrected chi connectivity index (χ0v) is 9.82. The molecule has 0 aliphatic heterocycles. The maximum absolute atomic E-state index is 13.4. The Morgan fingerprint density at radius 2 is 2.07 bits per heavy atom. The summed E-state index contributed by atoms with van der Waals surface area (Å²) >= 11 is 4.80. The first-order chi connectivity index (χ1) is 6.68. The Morgan fingerprint density at radius 3 is 2.64 bits per heavy atom. The summed E-state index contributed by atoms with van der Waals surface area (Å²) in [5.41, 5.74) is 1.28. The molecule has 0 aliphatic rings. The number of aryl methyl sites for hydroxylation is 1. The summed E-state index contributed by atoms with van der Waals surface area (Å²) in [5, 5.41) is 0. The third kappa shape index (κ3) is 1.72. The highest BCUT2D eigenvalue weighted by Crippen LogP contribution is 2.31. The number of rotatable bonds is 1. The van der Waals surface area contributed by atoms with Gasteiger partial charge in [-0.05, 0) is 35.0 Å². The fraction of sp³-hybridized carbons (Fsp3) is 0.100. The minimum atomic E-state index is -0.228. The summed E-state index contributed by atoms with van der Waals surface area (Å²) < 4.78 is 14.2. The molecule has 72 valence electrons. The van der Waals surface area contributed by atoms with E-state index in [1.54, 1.807) is 12.1 Å². The van der Waals surface area contributed by atoms with E-state index < -0.39 is 0 Å². The predicted octanol–water partition coefficient (Wildman–Crippen LogP) is 4.02. The van der Waals surface area contributed by atoms with Gasteiger partial charge in [0.05, 0.1) is 5.69 Å². The third-order valence-electron chi connectivity index (χ3n) is 1.90. The molecule has 0 saturated heterocycles. The highest BCUT2D eigenvalue weighted by molar-refractivity contribution is 9.11. The zero-order valence-electron chi connectivity index (χ0n) is 7.42. The summed E-state index contributed by atoms with van der Waals surface area (Å²) in [4.78, 5) is 5.25. The van der Waals surface area contributed by atoms with Gasteiger partial charge in [-0.15, -0.1) is 11.3 Å². The lowest BCUT2D eigenvalue weighted by atomic mass is 10.1. The molecule has 1 aromatic carbocycles. The second-order valence-electron chi connectivity index (χ2n) is 2.85. The van der Waals surface area contributed by atoms with Crippen LogP contribution in [0.25, 0.3) is 11.3 Å². The van der Waals surface area contributed by atoms with E-state index in [0.717, 1.165) is 14.5 Å². The molecule has 0 N–H and O–H groups in total. The topological polar surface area (TPSA) is 12.9 Å². The largest absolute Gasteiger partial charge is 0.229 e. The second-order valence-corrected chi connectivity index (χ2v) is 5.33. The Bertz CT molecular complexity index is 467. The number of hydrogen-bond donors (Lipinski definition) is 0. The van der Waals surface area contributed by atoms with Gasteiger partial charge in [-0.3, -0.25) is 0 Å². The molecule has 1 nitrogen and oxygen atoms in total. The van der Waals surface area contributed by atoms with Crippen molar-refractivity contribution in [2.45, 2.75) is 6.92 Å². The molecule has 0 aliphatic carbocycles. The van der Waals surface area contributed by atoms with Crippen LogP contribution in [-0.2, 0) is 0 Å². The molecule has 0 unspecified atom stereocenters. The quantitative estimate of drug-likeness (QED) is 0.764. The molecular formula is C10H7BrFNS. The number of thiazole rings is 1. The average Bonchev–Trinajstić information content (AvgIpc) is 2.46. The van der Waals surface area contributed by atoms with E-state index in [1.807, 2.05) is 13.0 Å². The van der Waals surface area contributed by atoms with E-state index in [0.29, 0.717) is 5.56 Å². The van der Waals surface area contributed by atoms with Crippen molar-refractivity contribution in [1.82, 2.24) is 4.98 Å². The molecule has 1 heterocycles. The highest BCUT2D eigenvalue weighted by Gasteiger charge is 2.11. The number of benzene rings is 1. The van der Waals surface area contributed by atoms with Gasteiger partial charge in [0, 0.05) is 10.4 Å². The molecule has 2 aromatic rings. The zero-order chi connectivity index (χ0) is 10.1. The smallest absolute Gasteiger partial charge is 0.160 e. The summed E-state index contributed by atoms with van der Waals surface area (Å²) in [7, 11) is 0. The molecule has 0 amide bonds. The average molecular weight is 272 g/mol. The molecule has 0 spiro atoms. The number of hydrogen-bond acceptors (Lipinski definition) is 2. The highest BCUT2D eigenvalue weighted by atomic mass is 79.9. The van der Waals surface area contributed by atoms with Crippen LogP contribution in [0.15, 0.2) is 28.2 Å². The van der Waals surface area contributed by atoms with Crippen LogP contribution >= 0.6 is 27.3 Å². The second kappa shape index (κ2) is 3.79. The number of halogens is 2. The molecule has 4 heteroatoms. The van der Waals surface area contributed by atoms with Gasteiger partial charge in [0.1, 0.15) is 5.82 Å². The van der Waals surface area contributed by atoms with Gasteiger partial charge in [0.2, 0.25) is 0 Å². The molecule has 0 radical (unpaired) electrons. The first-order valence-corrected chi connectivity index (χ1v) is 5.67. The Hall–Kier alpha value is -0.740. The lowest BCUT2D eigenvalue weighted by Crippen LogP contribution is -1.85. The van der Waals surface area contributed by atoms with Crippen molar-refractivity contribution < 1.29 is 4.39 Å². The van der Waals surface area contributed by atoms with Gasteiger partial charge in [-0.1, -0.05) is 12.1 Å². The Labute approximate surface area is 93.7 Å². The van der Waals surface area contributed by atoms with E-state index in [1.165, 1.54) is 17.4 Å². The SMILES string of the molecule is Cc1sc(Br)nc1-c1ccccc1F. The molecule has 0 atom stereocenters. The molecule has 0 saturated carbocycles. The van der Waals surface area contributed by atoms with E-state index in [-0.39, 0.29) is 5.82 Å². The van der Waals surface area contributed by atoms with Crippen LogP contribution in [0.2, 0.25) is 0 Å². The van der Waals surface area contributed by atoms with Crippen molar-refractivity contribution in [2.75, 3.05) is 0 Å². The van der Waals surface area contributed by atoms with Crippen molar-refractivity contribution in [1.29, 1.82) is 0 Å². The van der Waals surface area contributed by atoms with E-state index >= 15 is 0 Å². The van der Waals surface area contributed by atoms with Crippen LogP contribution < -0.4 is 0 Å². The van der Waals surface area contributed by atoms with E-state index in [4.69, 9.17) is 0 Å². The van der Waals surface area contributed by atoms with E-state index in [2.05, 4.69) is 20.9 Å². The first kappa shape index (κ1) is 9.80. The lowest BCUT2D eigenvalue weighted by molar-refractivity contribution is 0.630. The van der Waals surface area contributed by atoms with Gasteiger partial charge in [0.25, 0.3) is 0 Å². The maximum Gasteiger partial charge on any atom is 0.160 e. The van der Waals surface area contributed by atoms with Crippen molar-refractivity contribution >= 4 is 27.3 Å². The van der Waals surface area contributed by atoms with Crippen molar-refractivity contribution in [3.63, 3.8) is 0 Å². The summed E-state index contributed by atoms with van der Waals surface area (Å²) in [6.07, 6.45) is 0. The van der Waals surface area contributed by atoms with Crippen LogP contribution in [0.4, 0.5) is 4.39 Å². The minimum absolute atomic E-state index is 0.228. The first-order valence-electron chi connectivity index (χ1n) is 4.06. The summed E-state index contributed by atoms with van der Waals surface area (Å²) in [5.74, 6) is -0.228. The van der Waals surface area contributed by atoms with Crippen molar-refractivity contribution in [3.8, 4) is 11.3 Å². The van der Waals surface area contributed by atoms with Crippen LogP contribution in [0.1, 0.15) is 4.88 Å². The Morgan fingerprint density at radius 1 is 1.36 bits per heavy atom. The monoisotopic (exact) mass is 271 g/mol. The fourth-order valence-electron chi connectivity index (χ4n) is 1.27. The van der Waals surface area contributed by atoms with Crippen LogP contribution in [0, 0.1) is 12.7 Å². The molecule has 14 heavy (non-hydrogen) atoms. The van der Waals surface area contributed by atoms with Crippen LogP contribution in [0.3, 0.4) is 0 Å². The summed E-state index contributed by atoms with van der Waals surface area (Å²) in [6, 6.07) is 6.67. The van der Waals surface area contributed by atoms with Gasteiger partial charge in [-0.2, -0.15) is 0 Å². The maximum atomic E-state index is 13.4. The van der Waals surface area contributed by atoms with Gasteiger partial charge >= 0.3 is 0 Å². The van der Waals surface area contributed by atoms with Crippen molar-refractivity contribution in [2.24, 2.45) is 0 Å². The number of aromatic nitrogens is 1. The standard InChI is InChI=1S/C10H7BrFNS/c1-6-9(13-10(11)14-6)7-4-2-3-5-8(7)12/h2-5H,1H3. The van der Waals surface area contributed by atoms with Crippen LogP contribution in [-0.4, -0.2) is 4.98 Å². The molecule has 1 aromatic heterocycles. The number of nitrogens with zero attached hydrogens (tertiary/aromatic N) is 1. The molecule has 2 rings (SSSR count). The van der Waals surface area contributed by atoms with Gasteiger partial charge < -0.3 is 0 Å². The third-order valence-corrected chi connectivity index (χ3v) is 3.32. The van der Waals surface area contributed by atoms with Gasteiger partial charge in [-0.25, -0.2) is 9.37 Å². The van der Waals surface area contributed by atoms with E-state index in [9.17, 15) is 4.39 Å². The molecular weight excluding hydrogens is 265 g/mol. The molecule has 0 bridgehead atoms. The Balaban J connectivity index is 2.60. The summed E-state index contributed by atoms with van der Waals surface area (Å²) in [6.45, 7) is 1.93. The van der Waals surface area contributed by atoms with Crippen molar-refractivity contribution in [3.05, 3.63) is 38.9 Å². The van der Waals surface area contributed by atoms with Crippen LogP contribution in [0.5, 0.6) is 0 Å².